The van der Waals surface area contributed by atoms with Gasteiger partial charge in [0.25, 0.3) is 0 Å². The standard InChI is InChI=1S/C21H34N4O/c1-20-9-7-15(26)11-13(20)3-5-16-17-6-4-14(12-24-25-19(22)23)21(17,2)10-8-18(16)20/h11-12,14-18,26H,3-10H2,1-2H3,(H4,22,23,25)/b24-12-/t14-,15+,16+,17+,18+,20+,21-/m1/s1. The van der Waals surface area contributed by atoms with E-state index in [4.69, 9.17) is 11.1 Å². The molecule has 0 unspecified atom stereocenters. The van der Waals surface area contributed by atoms with Gasteiger partial charge in [0.1, 0.15) is 0 Å². The van der Waals surface area contributed by atoms with Crippen molar-refractivity contribution in [2.75, 3.05) is 0 Å². The molecule has 5 heteroatoms. The third kappa shape index (κ3) is 2.70. The molecule has 0 spiro atoms. The van der Waals surface area contributed by atoms with Gasteiger partial charge in [-0.25, -0.2) is 5.43 Å². The van der Waals surface area contributed by atoms with E-state index in [0.717, 1.165) is 30.6 Å². The Morgan fingerprint density at radius 2 is 2.04 bits per heavy atom. The highest BCUT2D eigenvalue weighted by Gasteiger charge is 2.58. The highest BCUT2D eigenvalue weighted by atomic mass is 16.3. The quantitative estimate of drug-likeness (QED) is 0.264. The van der Waals surface area contributed by atoms with E-state index < -0.39 is 0 Å². The Morgan fingerprint density at radius 1 is 1.23 bits per heavy atom. The maximum absolute atomic E-state index is 10.1. The lowest BCUT2D eigenvalue weighted by atomic mass is 9.47. The van der Waals surface area contributed by atoms with Crippen molar-refractivity contribution in [1.29, 1.82) is 5.41 Å². The van der Waals surface area contributed by atoms with Crippen LogP contribution in [0.1, 0.15) is 65.2 Å². The van der Waals surface area contributed by atoms with Crippen LogP contribution in [-0.4, -0.2) is 23.4 Å². The number of aliphatic hydroxyl groups excluding tert-OH is 1. The van der Waals surface area contributed by atoms with E-state index >= 15 is 0 Å². The summed E-state index contributed by atoms with van der Waals surface area (Å²) in [6.45, 7) is 4.96. The van der Waals surface area contributed by atoms with Gasteiger partial charge in [-0.05, 0) is 80.0 Å². The van der Waals surface area contributed by atoms with Gasteiger partial charge >= 0.3 is 0 Å². The molecule has 0 saturated heterocycles. The summed E-state index contributed by atoms with van der Waals surface area (Å²) in [7, 11) is 0. The molecule has 4 aliphatic carbocycles. The number of aliphatic hydroxyl groups is 1. The van der Waals surface area contributed by atoms with E-state index in [9.17, 15) is 5.11 Å². The summed E-state index contributed by atoms with van der Waals surface area (Å²) < 4.78 is 0. The lowest BCUT2D eigenvalue weighted by molar-refractivity contribution is -0.0472. The first-order valence-electron chi connectivity index (χ1n) is 10.4. The molecule has 0 bridgehead atoms. The van der Waals surface area contributed by atoms with Gasteiger partial charge in [0, 0.05) is 12.1 Å². The highest BCUT2D eigenvalue weighted by molar-refractivity contribution is 5.75. The summed E-state index contributed by atoms with van der Waals surface area (Å²) >= 11 is 0. The molecule has 3 saturated carbocycles. The Kier molecular flexibility index (Phi) is 4.41. The third-order valence-electron chi connectivity index (χ3n) is 8.60. The van der Waals surface area contributed by atoms with Crippen LogP contribution in [-0.2, 0) is 0 Å². The maximum Gasteiger partial charge on any atom is 0.206 e. The second kappa shape index (κ2) is 6.36. The second-order valence-electron chi connectivity index (χ2n) is 9.66. The number of nitrogens with zero attached hydrogens (tertiary/aromatic N) is 1. The Hall–Kier alpha value is -1.36. The Labute approximate surface area is 157 Å². The van der Waals surface area contributed by atoms with Crippen LogP contribution in [0, 0.1) is 39.9 Å². The van der Waals surface area contributed by atoms with Crippen molar-refractivity contribution in [3.8, 4) is 0 Å². The molecule has 0 aliphatic heterocycles. The Bertz CT molecular complexity index is 644. The predicted octanol–water partition coefficient (Wildman–Crippen LogP) is 3.40. The SMILES string of the molecule is C[C@]12CC[C@H]3[C@@H](CCC4=C[C@@H](O)CC[C@@]43C)[C@@H]1CC[C@@H]2/C=N\NC(=N)N. The first-order chi connectivity index (χ1) is 12.3. The topological polar surface area (TPSA) is 94.5 Å². The normalized spacial score (nSPS) is 47.7. The summed E-state index contributed by atoms with van der Waals surface area (Å²) in [5.74, 6) is 2.76. The molecule has 4 aliphatic rings. The summed E-state index contributed by atoms with van der Waals surface area (Å²) in [5.41, 5.74) is 10.1. The van der Waals surface area contributed by atoms with Crippen molar-refractivity contribution in [2.45, 2.75) is 71.3 Å². The number of guanidine groups is 1. The van der Waals surface area contributed by atoms with E-state index in [1.807, 2.05) is 6.21 Å². The third-order valence-corrected chi connectivity index (χ3v) is 8.60. The molecule has 0 heterocycles. The molecular formula is C21H34N4O. The molecular weight excluding hydrogens is 324 g/mol. The van der Waals surface area contributed by atoms with Gasteiger partial charge in [-0.2, -0.15) is 5.10 Å². The number of hydrazone groups is 1. The smallest absolute Gasteiger partial charge is 0.206 e. The average molecular weight is 359 g/mol. The molecule has 144 valence electrons. The van der Waals surface area contributed by atoms with Crippen molar-refractivity contribution < 1.29 is 5.11 Å². The van der Waals surface area contributed by atoms with Gasteiger partial charge in [0.15, 0.2) is 0 Å². The summed E-state index contributed by atoms with van der Waals surface area (Å²) in [6, 6.07) is 0. The van der Waals surface area contributed by atoms with Crippen LogP contribution >= 0.6 is 0 Å². The van der Waals surface area contributed by atoms with E-state index in [0.29, 0.717) is 16.7 Å². The number of hydrogen-bond acceptors (Lipinski definition) is 3. The number of allylic oxidation sites excluding steroid dienone is 1. The van der Waals surface area contributed by atoms with Crippen LogP contribution < -0.4 is 11.2 Å². The molecule has 26 heavy (non-hydrogen) atoms. The zero-order valence-corrected chi connectivity index (χ0v) is 16.2. The molecule has 0 aromatic rings. The number of nitrogens with two attached hydrogens (primary N) is 1. The summed E-state index contributed by atoms with van der Waals surface area (Å²) in [5, 5.41) is 21.6. The molecule has 5 N–H and O–H groups in total. The largest absolute Gasteiger partial charge is 0.389 e. The molecule has 0 amide bonds. The Morgan fingerprint density at radius 3 is 2.81 bits per heavy atom. The highest BCUT2D eigenvalue weighted by Crippen LogP contribution is 2.66. The van der Waals surface area contributed by atoms with E-state index in [1.165, 1.54) is 38.5 Å². The van der Waals surface area contributed by atoms with E-state index in [1.54, 1.807) is 5.57 Å². The van der Waals surface area contributed by atoms with Crippen molar-refractivity contribution in [1.82, 2.24) is 5.43 Å². The average Bonchev–Trinajstić information content (AvgIpc) is 2.92. The second-order valence-corrected chi connectivity index (χ2v) is 9.66. The van der Waals surface area contributed by atoms with Gasteiger partial charge in [0.05, 0.1) is 6.10 Å². The zero-order valence-electron chi connectivity index (χ0n) is 16.2. The summed E-state index contributed by atoms with van der Waals surface area (Å²) in [4.78, 5) is 0. The van der Waals surface area contributed by atoms with E-state index in [2.05, 4.69) is 30.5 Å². The fraction of sp³-hybridized carbons (Fsp3) is 0.810. The minimum absolute atomic E-state index is 0.0938. The molecule has 3 fully saturated rings. The lowest BCUT2D eigenvalue weighted by Crippen LogP contribution is -2.50. The predicted molar refractivity (Wildman–Crippen MR) is 105 cm³/mol. The van der Waals surface area contributed by atoms with Gasteiger partial charge < -0.3 is 10.8 Å². The Balaban J connectivity index is 1.55. The van der Waals surface area contributed by atoms with Crippen LogP contribution in [0.5, 0.6) is 0 Å². The monoisotopic (exact) mass is 358 g/mol. The van der Waals surface area contributed by atoms with Crippen LogP contribution in [0.25, 0.3) is 0 Å². The van der Waals surface area contributed by atoms with Crippen molar-refractivity contribution >= 4 is 12.2 Å². The number of rotatable bonds is 2. The minimum atomic E-state index is -0.218. The molecule has 4 rings (SSSR count). The molecule has 0 aromatic heterocycles. The van der Waals surface area contributed by atoms with E-state index in [-0.39, 0.29) is 12.1 Å². The van der Waals surface area contributed by atoms with Crippen LogP contribution in [0.2, 0.25) is 0 Å². The first kappa shape index (κ1) is 18.0. The fourth-order valence-electron chi connectivity index (χ4n) is 7.19. The first-order valence-corrected chi connectivity index (χ1v) is 10.4. The zero-order chi connectivity index (χ0) is 18.5. The molecule has 7 atom stereocenters. The number of hydrogen-bond donors (Lipinski definition) is 4. The lowest BCUT2D eigenvalue weighted by Gasteiger charge is -2.58. The minimum Gasteiger partial charge on any atom is -0.389 e. The van der Waals surface area contributed by atoms with Gasteiger partial charge in [-0.15, -0.1) is 0 Å². The summed E-state index contributed by atoms with van der Waals surface area (Å²) in [6.07, 6.45) is 13.6. The van der Waals surface area contributed by atoms with Gasteiger partial charge in [0.2, 0.25) is 5.96 Å². The van der Waals surface area contributed by atoms with Gasteiger partial charge in [-0.3, -0.25) is 5.41 Å². The molecule has 0 aromatic carbocycles. The van der Waals surface area contributed by atoms with Crippen LogP contribution in [0.4, 0.5) is 0 Å². The van der Waals surface area contributed by atoms with Crippen LogP contribution in [0.3, 0.4) is 0 Å². The maximum atomic E-state index is 10.1. The van der Waals surface area contributed by atoms with Crippen molar-refractivity contribution in [2.24, 2.45) is 45.3 Å². The fourth-order valence-corrected chi connectivity index (χ4v) is 7.19. The molecule has 0 radical (unpaired) electrons. The van der Waals surface area contributed by atoms with Crippen molar-refractivity contribution in [3.63, 3.8) is 0 Å². The number of nitrogens with one attached hydrogen (secondary N) is 2. The van der Waals surface area contributed by atoms with Gasteiger partial charge in [-0.1, -0.05) is 25.5 Å². The van der Waals surface area contributed by atoms with Crippen molar-refractivity contribution in [3.05, 3.63) is 11.6 Å². The number of fused-ring (bicyclic) bond motifs is 5. The van der Waals surface area contributed by atoms with Crippen LogP contribution in [0.15, 0.2) is 16.8 Å². The molecule has 5 nitrogen and oxygen atoms in total.